The average molecular weight is 486 g/mol. The molecule has 1 fully saturated rings. The number of phosphoric acid groups is 1. The third-order valence-corrected chi connectivity index (χ3v) is 6.34. The van der Waals surface area contributed by atoms with E-state index < -0.39 is 44.2 Å². The van der Waals surface area contributed by atoms with Crippen LogP contribution in [0.1, 0.15) is 25.7 Å². The monoisotopic (exact) mass is 486 g/mol. The lowest BCUT2D eigenvalue weighted by Crippen LogP contribution is -2.43. The summed E-state index contributed by atoms with van der Waals surface area (Å²) in [4.78, 5) is 14.0. The van der Waals surface area contributed by atoms with Gasteiger partial charge < -0.3 is 19.5 Å². The molecule has 0 aliphatic carbocycles. The van der Waals surface area contributed by atoms with Crippen LogP contribution in [-0.2, 0) is 25.0 Å². The maximum atomic E-state index is 15.8. The molecule has 0 spiro atoms. The van der Waals surface area contributed by atoms with Gasteiger partial charge in [0, 0.05) is 11.8 Å². The lowest BCUT2D eigenvalue weighted by molar-refractivity contribution is -0.205. The summed E-state index contributed by atoms with van der Waals surface area (Å²) >= 11 is 4.98. The second kappa shape index (κ2) is 8.20. The quantitative estimate of drug-likeness (QED) is 0.336. The summed E-state index contributed by atoms with van der Waals surface area (Å²) in [5.41, 5.74) is 0.0683. The molecule has 32 heavy (non-hydrogen) atoms. The molecule has 0 radical (unpaired) electrons. The lowest BCUT2D eigenvalue weighted by Gasteiger charge is -2.29. The highest BCUT2D eigenvalue weighted by Crippen LogP contribution is 2.56. The fourth-order valence-corrected chi connectivity index (χ4v) is 4.59. The highest BCUT2D eigenvalue weighted by molar-refractivity contribution is 7.71. The molecule has 10 nitrogen and oxygen atoms in total. The molecule has 3 N–H and O–H groups in total. The minimum absolute atomic E-state index is 0.118. The van der Waals surface area contributed by atoms with E-state index in [1.807, 2.05) is 0 Å². The highest BCUT2D eigenvalue weighted by atomic mass is 32.1. The summed E-state index contributed by atoms with van der Waals surface area (Å²) in [6, 6.07) is 4.97. The third kappa shape index (κ3) is 3.93. The fourth-order valence-electron chi connectivity index (χ4n) is 3.18. The summed E-state index contributed by atoms with van der Waals surface area (Å²) in [6.45, 7) is -2.31. The first-order valence-electron chi connectivity index (χ1n) is 10.1. The van der Waals surface area contributed by atoms with Crippen LogP contribution in [-0.4, -0.2) is 44.4 Å². The Labute approximate surface area is 188 Å². The molecule has 2 aliphatic rings. The van der Waals surface area contributed by atoms with Crippen molar-refractivity contribution in [3.05, 3.63) is 56.2 Å². The van der Waals surface area contributed by atoms with Gasteiger partial charge in [-0.1, -0.05) is 24.1 Å². The van der Waals surface area contributed by atoms with E-state index >= 15 is 4.39 Å². The Hall–Kier alpha value is -2.36. The third-order valence-electron chi connectivity index (χ3n) is 4.86. The number of aromatic amines is 1. The Bertz CT molecular complexity index is 1360. The first-order valence-corrected chi connectivity index (χ1v) is 11.0. The van der Waals surface area contributed by atoms with Gasteiger partial charge in [-0.15, -0.1) is 6.42 Å². The maximum absolute atomic E-state index is 15.8. The summed E-state index contributed by atoms with van der Waals surface area (Å²) in [5, 5.41) is 20.8. The molecule has 3 heterocycles. The molecule has 170 valence electrons. The number of nitrogens with one attached hydrogen (secondary N) is 1. The smallest absolute Gasteiger partial charge is 0.403 e. The Morgan fingerprint density at radius 2 is 2.31 bits per heavy atom. The van der Waals surface area contributed by atoms with Crippen LogP contribution in [0, 0.1) is 24.0 Å². The van der Waals surface area contributed by atoms with E-state index in [-0.39, 0.29) is 22.7 Å². The van der Waals surface area contributed by atoms with Crippen LogP contribution in [0.15, 0.2) is 29.2 Å². The van der Waals surface area contributed by atoms with E-state index in [1.54, 1.807) is 25.1 Å². The average Bonchev–Trinajstić information content (AvgIpc) is 2.99. The number of aromatic nitrogens is 2. The van der Waals surface area contributed by atoms with Crippen LogP contribution >= 0.6 is 20.0 Å². The summed E-state index contributed by atoms with van der Waals surface area (Å²) < 4.78 is 65.6. The van der Waals surface area contributed by atoms with Crippen molar-refractivity contribution in [2.45, 2.75) is 37.8 Å². The van der Waals surface area contributed by atoms with Crippen LogP contribution in [0.3, 0.4) is 0 Å². The highest BCUT2D eigenvalue weighted by Gasteiger charge is 2.57. The number of rotatable bonds is 4. The van der Waals surface area contributed by atoms with Crippen molar-refractivity contribution in [1.29, 1.82) is 0 Å². The number of hydrogen-bond donors (Lipinski definition) is 3. The number of aliphatic hydroxyl groups excluding tert-OH is 2. The Kier molecular flexibility index (Phi) is 5.20. The second-order valence-electron chi connectivity index (χ2n) is 7.01. The van der Waals surface area contributed by atoms with Gasteiger partial charge in [0.05, 0.1) is 9.35 Å². The molecule has 13 heteroatoms. The number of terminal acetylenes is 1. The predicted molar refractivity (Wildman–Crippen MR) is 110 cm³/mol. The molecule has 4 rings (SSSR count). The molecule has 0 amide bonds. The van der Waals surface area contributed by atoms with Gasteiger partial charge in [-0.25, -0.2) is 8.96 Å². The Morgan fingerprint density at radius 1 is 1.56 bits per heavy atom. The number of fused-ring (bicyclic) bond motifs is 1. The van der Waals surface area contributed by atoms with Crippen LogP contribution in [0.25, 0.3) is 0 Å². The Balaban J connectivity index is 1.65. The van der Waals surface area contributed by atoms with E-state index in [9.17, 15) is 19.6 Å². The molecular weight excluding hydrogens is 466 g/mol. The largest absolute Gasteiger partial charge is 0.530 e. The summed E-state index contributed by atoms with van der Waals surface area (Å²) in [7, 11) is -4.75. The van der Waals surface area contributed by atoms with Gasteiger partial charge in [-0.3, -0.25) is 23.4 Å². The van der Waals surface area contributed by atoms with E-state index in [4.69, 9.17) is 39.7 Å². The minimum atomic E-state index is -4.75. The summed E-state index contributed by atoms with van der Waals surface area (Å²) in [5.74, 6) is -1.60. The minimum Gasteiger partial charge on any atom is -0.403 e. The second-order valence-corrected chi connectivity index (χ2v) is 8.92. The molecule has 1 aromatic carbocycles. The number of phosphoric ester groups is 1. The van der Waals surface area contributed by atoms with Crippen molar-refractivity contribution in [1.82, 2.24) is 9.55 Å². The van der Waals surface area contributed by atoms with Crippen molar-refractivity contribution >= 4 is 20.0 Å². The van der Waals surface area contributed by atoms with Gasteiger partial charge in [0.1, 0.15) is 30.1 Å². The van der Waals surface area contributed by atoms with Crippen LogP contribution in [0.4, 0.5) is 4.39 Å². The standard InChI is InChI=1S/C19H18FN2O8PS/c1-3-11-7-22(18(32)21-16(11)25)17-13(23)15(24)19(20,29-17)9-28-31(26)27-8-12-6-4-5-10(2)14(12)30-31/h1,4-7,13,15,17,23-24H,8-9H2,2H3,(H,21,25,32)/t13-,15+,17-,19-,31?/m1/s1/i9D2. The van der Waals surface area contributed by atoms with E-state index in [1.165, 1.54) is 0 Å². The van der Waals surface area contributed by atoms with Crippen LogP contribution in [0.5, 0.6) is 5.75 Å². The van der Waals surface area contributed by atoms with Crippen molar-refractivity contribution in [3.63, 3.8) is 0 Å². The van der Waals surface area contributed by atoms with E-state index in [2.05, 4.69) is 10.9 Å². The normalized spacial score (nSPS) is 32.9. The number of alkyl halides is 1. The Morgan fingerprint density at radius 3 is 3.03 bits per heavy atom. The molecule has 0 bridgehead atoms. The predicted octanol–water partition coefficient (Wildman–Crippen LogP) is 1.85. The number of para-hydroxylation sites is 1. The van der Waals surface area contributed by atoms with Gasteiger partial charge >= 0.3 is 7.82 Å². The fraction of sp³-hybridized carbons (Fsp3) is 0.368. The topological polar surface area (TPSA) is 132 Å². The molecular formula is C19H18FN2O8PS. The zero-order chi connectivity index (χ0) is 25.1. The first-order chi connectivity index (χ1) is 15.8. The van der Waals surface area contributed by atoms with Crippen LogP contribution < -0.4 is 10.1 Å². The first kappa shape index (κ1) is 20.3. The molecule has 5 atom stereocenters. The zero-order valence-corrected chi connectivity index (χ0v) is 18.1. The summed E-state index contributed by atoms with van der Waals surface area (Å²) in [6.07, 6.45) is -0.298. The number of benzene rings is 1. The zero-order valence-electron chi connectivity index (χ0n) is 18.4. The molecule has 2 aromatic rings. The number of halogens is 1. The number of nitrogens with zero attached hydrogens (tertiary/aromatic N) is 1. The number of aryl methyl sites for hydroxylation is 1. The van der Waals surface area contributed by atoms with Crippen molar-refractivity contribution in [3.8, 4) is 18.1 Å². The van der Waals surface area contributed by atoms with Crippen LogP contribution in [0.2, 0.25) is 0 Å². The van der Waals surface area contributed by atoms with Crippen molar-refractivity contribution in [2.75, 3.05) is 6.56 Å². The molecule has 2 aliphatic heterocycles. The van der Waals surface area contributed by atoms with Crippen molar-refractivity contribution < 1.29 is 40.2 Å². The van der Waals surface area contributed by atoms with Gasteiger partial charge in [-0.05, 0) is 24.7 Å². The van der Waals surface area contributed by atoms with E-state index in [0.29, 0.717) is 11.1 Å². The SMILES string of the molecule is [2H]C([2H])(OP1(=O)OCc2cccc(C)c2O1)[C@@]1(F)O[C@@H](n2cc(C#C)c(=O)[nH]c2=S)[C@H](O)[C@@H]1O. The van der Waals surface area contributed by atoms with Gasteiger partial charge in [0.2, 0.25) is 0 Å². The number of hydrogen-bond acceptors (Lipinski definition) is 9. The lowest BCUT2D eigenvalue weighted by atomic mass is 10.1. The molecule has 1 saturated heterocycles. The number of H-pyrrole nitrogens is 1. The van der Waals surface area contributed by atoms with Gasteiger partial charge in [0.15, 0.2) is 11.0 Å². The number of ether oxygens (including phenoxy) is 1. The molecule has 1 unspecified atom stereocenters. The number of aliphatic hydroxyl groups is 2. The van der Waals surface area contributed by atoms with Gasteiger partial charge in [-0.2, -0.15) is 0 Å². The van der Waals surface area contributed by atoms with Crippen molar-refractivity contribution in [2.24, 2.45) is 0 Å². The van der Waals surface area contributed by atoms with Gasteiger partial charge in [0.25, 0.3) is 11.4 Å². The molecule has 0 saturated carbocycles. The maximum Gasteiger partial charge on any atom is 0.530 e. The molecule has 1 aromatic heterocycles. The van der Waals surface area contributed by atoms with E-state index in [0.717, 1.165) is 10.8 Å².